The minimum Gasteiger partial charge on any atom is -0.395 e. The van der Waals surface area contributed by atoms with Gasteiger partial charge in [0.25, 0.3) is 5.91 Å². The Morgan fingerprint density at radius 3 is 2.93 bits per heavy atom. The van der Waals surface area contributed by atoms with Crippen LogP contribution in [0.5, 0.6) is 0 Å². The summed E-state index contributed by atoms with van der Waals surface area (Å²) in [6, 6.07) is 6.95. The van der Waals surface area contributed by atoms with Crippen LogP contribution in [-0.4, -0.2) is 35.1 Å². The molecule has 1 unspecified atom stereocenters. The molecule has 4 rings (SSSR count). The quantitative estimate of drug-likeness (QED) is 0.485. The van der Waals surface area contributed by atoms with Crippen LogP contribution in [-0.2, 0) is 4.74 Å². The fourth-order valence-corrected chi connectivity index (χ4v) is 3.92. The molecule has 1 amide bonds. The van der Waals surface area contributed by atoms with Gasteiger partial charge in [0.05, 0.1) is 23.4 Å². The summed E-state index contributed by atoms with van der Waals surface area (Å²) in [4.78, 5) is 28.7. The van der Waals surface area contributed by atoms with Crippen molar-refractivity contribution in [1.29, 1.82) is 0 Å². The molecule has 8 nitrogen and oxygen atoms in total. The molecule has 3 heterocycles. The summed E-state index contributed by atoms with van der Waals surface area (Å²) in [7, 11) is 0. The van der Waals surface area contributed by atoms with E-state index in [2.05, 4.69) is 4.98 Å². The minimum atomic E-state index is -0.714. The van der Waals surface area contributed by atoms with Gasteiger partial charge in [-0.05, 0) is 31.0 Å². The van der Waals surface area contributed by atoms with E-state index in [0.29, 0.717) is 11.3 Å². The lowest BCUT2D eigenvalue weighted by Gasteiger charge is -2.21. The molecule has 1 aliphatic heterocycles. The van der Waals surface area contributed by atoms with Crippen LogP contribution in [0.3, 0.4) is 0 Å². The van der Waals surface area contributed by atoms with E-state index in [1.807, 2.05) is 0 Å². The molecule has 2 aromatic heterocycles. The minimum absolute atomic E-state index is 0.174. The van der Waals surface area contributed by atoms with E-state index in [1.54, 1.807) is 12.1 Å². The molecule has 10 heteroatoms. The summed E-state index contributed by atoms with van der Waals surface area (Å²) in [6.45, 7) is 0.808. The average Bonchev–Trinajstić information content (AvgIpc) is 3.38. The molecular weight excluding hydrogens is 377 g/mol. The summed E-state index contributed by atoms with van der Waals surface area (Å²) < 4.78 is 25.2. The number of fused-ring (bicyclic) bond motifs is 1. The van der Waals surface area contributed by atoms with Gasteiger partial charge in [-0.25, -0.2) is 9.37 Å². The highest BCUT2D eigenvalue weighted by molar-refractivity contribution is 7.22. The second-order valence-corrected chi connectivity index (χ2v) is 7.04. The number of nitro groups is 1. The van der Waals surface area contributed by atoms with E-state index in [4.69, 9.17) is 9.15 Å². The summed E-state index contributed by atoms with van der Waals surface area (Å²) >= 11 is 1.16. The molecule has 27 heavy (non-hydrogen) atoms. The maximum Gasteiger partial charge on any atom is 0.433 e. The van der Waals surface area contributed by atoms with Crippen molar-refractivity contribution < 1.29 is 23.3 Å². The molecule has 0 saturated carbocycles. The standard InChI is InChI=1S/C17H14FN3O5S/c18-11-4-1-5-13-15(11)19-17(27-13)20(9-10-3-2-8-25-10)16(22)12-6-7-14(26-12)21(23)24/h1,4-7,10H,2-3,8-9H2. The number of aromatic nitrogens is 1. The second-order valence-electron chi connectivity index (χ2n) is 6.03. The Labute approximate surface area is 156 Å². The van der Waals surface area contributed by atoms with Gasteiger partial charge in [0.2, 0.25) is 0 Å². The Morgan fingerprint density at radius 2 is 2.26 bits per heavy atom. The highest BCUT2D eigenvalue weighted by atomic mass is 32.1. The van der Waals surface area contributed by atoms with E-state index in [-0.39, 0.29) is 29.1 Å². The van der Waals surface area contributed by atoms with Gasteiger partial charge in [0, 0.05) is 6.61 Å². The summed E-state index contributed by atoms with van der Waals surface area (Å²) in [5.74, 6) is -1.77. The van der Waals surface area contributed by atoms with Crippen molar-refractivity contribution in [2.45, 2.75) is 18.9 Å². The molecule has 0 spiro atoms. The molecule has 1 atom stereocenters. The molecule has 3 aromatic rings. The third kappa shape index (κ3) is 3.40. The van der Waals surface area contributed by atoms with Gasteiger partial charge in [-0.2, -0.15) is 0 Å². The number of para-hydroxylation sites is 1. The molecule has 1 saturated heterocycles. The predicted molar refractivity (Wildman–Crippen MR) is 95.6 cm³/mol. The molecule has 140 valence electrons. The third-order valence-electron chi connectivity index (χ3n) is 4.23. The SMILES string of the molecule is O=C(c1ccc([N+](=O)[O-])o1)N(CC1CCCO1)c1nc2c(F)cccc2s1. The number of carbonyl (C=O) groups is 1. The van der Waals surface area contributed by atoms with Crippen LogP contribution in [0, 0.1) is 15.9 Å². The lowest BCUT2D eigenvalue weighted by Crippen LogP contribution is -2.37. The lowest BCUT2D eigenvalue weighted by molar-refractivity contribution is -0.402. The number of ether oxygens (including phenoxy) is 1. The Bertz CT molecular complexity index is 1010. The highest BCUT2D eigenvalue weighted by Crippen LogP contribution is 2.32. The van der Waals surface area contributed by atoms with Crippen molar-refractivity contribution in [3.8, 4) is 0 Å². The first-order chi connectivity index (χ1) is 13.0. The number of hydrogen-bond donors (Lipinski definition) is 0. The molecule has 1 aliphatic rings. The number of furan rings is 1. The largest absolute Gasteiger partial charge is 0.433 e. The number of carbonyl (C=O) groups excluding carboxylic acids is 1. The maximum absolute atomic E-state index is 14.0. The van der Waals surface area contributed by atoms with Crippen molar-refractivity contribution in [3.63, 3.8) is 0 Å². The van der Waals surface area contributed by atoms with Gasteiger partial charge in [0.15, 0.2) is 10.9 Å². The van der Waals surface area contributed by atoms with E-state index >= 15 is 0 Å². The molecule has 0 radical (unpaired) electrons. The topological polar surface area (TPSA) is 98.7 Å². The normalized spacial score (nSPS) is 16.7. The number of anilines is 1. The van der Waals surface area contributed by atoms with Gasteiger partial charge in [-0.3, -0.25) is 19.8 Å². The molecule has 0 aliphatic carbocycles. The zero-order valence-corrected chi connectivity index (χ0v) is 14.8. The van der Waals surface area contributed by atoms with Crippen molar-refractivity contribution >= 4 is 38.5 Å². The first kappa shape index (κ1) is 17.6. The molecule has 0 N–H and O–H groups in total. The number of nitrogens with zero attached hydrogens (tertiary/aromatic N) is 3. The van der Waals surface area contributed by atoms with Crippen LogP contribution in [0.4, 0.5) is 15.4 Å². The fraction of sp³-hybridized carbons (Fsp3) is 0.294. The number of halogens is 1. The maximum atomic E-state index is 14.0. The number of amides is 1. The van der Waals surface area contributed by atoms with Gasteiger partial charge in [-0.1, -0.05) is 17.4 Å². The highest BCUT2D eigenvalue weighted by Gasteiger charge is 2.30. The zero-order valence-electron chi connectivity index (χ0n) is 14.0. The monoisotopic (exact) mass is 391 g/mol. The van der Waals surface area contributed by atoms with Crippen LogP contribution in [0.25, 0.3) is 10.2 Å². The second kappa shape index (κ2) is 7.05. The summed E-state index contributed by atoms with van der Waals surface area (Å²) in [5, 5.41) is 11.1. The fourth-order valence-electron chi connectivity index (χ4n) is 2.93. The number of thiazole rings is 1. The summed E-state index contributed by atoms with van der Waals surface area (Å²) in [6.07, 6.45) is 1.48. The van der Waals surface area contributed by atoms with E-state index in [0.717, 1.165) is 30.2 Å². The Balaban J connectivity index is 1.71. The first-order valence-electron chi connectivity index (χ1n) is 8.25. The smallest absolute Gasteiger partial charge is 0.395 e. The van der Waals surface area contributed by atoms with E-state index in [9.17, 15) is 19.3 Å². The molecule has 1 aromatic carbocycles. The van der Waals surface area contributed by atoms with Crippen LogP contribution >= 0.6 is 11.3 Å². The molecule has 1 fully saturated rings. The number of hydrogen-bond acceptors (Lipinski definition) is 7. The Hall–Kier alpha value is -2.85. The number of benzene rings is 1. The summed E-state index contributed by atoms with van der Waals surface area (Å²) in [5.41, 5.74) is 0.174. The van der Waals surface area contributed by atoms with Crippen molar-refractivity contribution in [2.24, 2.45) is 0 Å². The third-order valence-corrected chi connectivity index (χ3v) is 5.27. The van der Waals surface area contributed by atoms with Gasteiger partial charge < -0.3 is 9.15 Å². The van der Waals surface area contributed by atoms with Crippen LogP contribution < -0.4 is 4.90 Å². The van der Waals surface area contributed by atoms with Crippen LogP contribution in [0.2, 0.25) is 0 Å². The average molecular weight is 391 g/mol. The lowest BCUT2D eigenvalue weighted by atomic mass is 10.2. The van der Waals surface area contributed by atoms with Crippen LogP contribution in [0.1, 0.15) is 23.4 Å². The first-order valence-corrected chi connectivity index (χ1v) is 9.07. The van der Waals surface area contributed by atoms with Gasteiger partial charge >= 0.3 is 5.88 Å². The van der Waals surface area contributed by atoms with Crippen molar-refractivity contribution in [1.82, 2.24) is 4.98 Å². The van der Waals surface area contributed by atoms with Crippen molar-refractivity contribution in [2.75, 3.05) is 18.1 Å². The van der Waals surface area contributed by atoms with E-state index in [1.165, 1.54) is 17.0 Å². The predicted octanol–water partition coefficient (Wildman–Crippen LogP) is 3.76. The Morgan fingerprint density at radius 1 is 1.41 bits per heavy atom. The van der Waals surface area contributed by atoms with Gasteiger partial charge in [-0.15, -0.1) is 0 Å². The Kier molecular flexibility index (Phi) is 4.58. The van der Waals surface area contributed by atoms with E-state index < -0.39 is 22.5 Å². The molecular formula is C17H14FN3O5S. The van der Waals surface area contributed by atoms with Gasteiger partial charge in [0.1, 0.15) is 16.3 Å². The number of rotatable bonds is 5. The van der Waals surface area contributed by atoms with Crippen LogP contribution in [0.15, 0.2) is 34.7 Å². The molecule has 0 bridgehead atoms. The zero-order chi connectivity index (χ0) is 19.0. The van der Waals surface area contributed by atoms with Crippen molar-refractivity contribution in [3.05, 3.63) is 52.0 Å².